The van der Waals surface area contributed by atoms with Crippen LogP contribution in [-0.2, 0) is 11.2 Å². The summed E-state index contributed by atoms with van der Waals surface area (Å²) in [5.41, 5.74) is 1.03. The summed E-state index contributed by atoms with van der Waals surface area (Å²) in [4.78, 5) is 11.4. The van der Waals surface area contributed by atoms with Gasteiger partial charge >= 0.3 is 0 Å². The average molecular weight is 246 g/mol. The number of benzene rings is 3. The van der Waals surface area contributed by atoms with E-state index in [0.29, 0.717) is 6.42 Å². The molecular formula is C18H14O. The minimum Gasteiger partial charge on any atom is -0.295 e. The molecule has 92 valence electrons. The largest absolute Gasteiger partial charge is 0.295 e. The lowest BCUT2D eigenvalue weighted by Crippen LogP contribution is -1.97. The fourth-order valence-electron chi connectivity index (χ4n) is 2.45. The molecule has 0 aliphatic heterocycles. The molecule has 0 heterocycles. The molecular weight excluding hydrogens is 232 g/mol. The fourth-order valence-corrected chi connectivity index (χ4v) is 2.45. The summed E-state index contributed by atoms with van der Waals surface area (Å²) in [6.07, 6.45) is 1.80. The van der Waals surface area contributed by atoms with Gasteiger partial charge in [-0.3, -0.25) is 4.79 Å². The number of rotatable bonds is 3. The Bertz CT molecular complexity index is 784. The molecule has 3 aromatic rings. The first-order valence-electron chi connectivity index (χ1n) is 6.33. The highest BCUT2D eigenvalue weighted by molar-refractivity contribution is 6.07. The van der Waals surface area contributed by atoms with Gasteiger partial charge in [-0.15, -0.1) is 0 Å². The van der Waals surface area contributed by atoms with Crippen LogP contribution in [0, 0.1) is 0 Å². The maximum Gasteiger partial charge on any atom is 0.159 e. The highest BCUT2D eigenvalue weighted by atomic mass is 16.1. The van der Waals surface area contributed by atoms with Crippen LogP contribution in [0.15, 0.2) is 67.3 Å². The Morgan fingerprint density at radius 1 is 0.947 bits per heavy atom. The lowest BCUT2D eigenvalue weighted by atomic mass is 9.98. The molecule has 3 aromatic carbocycles. The molecule has 0 fully saturated rings. The number of allylic oxidation sites excluding steroid dienone is 1. The van der Waals surface area contributed by atoms with Crippen LogP contribution in [0.3, 0.4) is 0 Å². The van der Waals surface area contributed by atoms with Crippen molar-refractivity contribution >= 4 is 27.3 Å². The van der Waals surface area contributed by atoms with Crippen LogP contribution in [0.4, 0.5) is 0 Å². The van der Waals surface area contributed by atoms with Crippen molar-refractivity contribution in [2.75, 3.05) is 0 Å². The molecule has 0 aliphatic carbocycles. The lowest BCUT2D eigenvalue weighted by Gasteiger charge is -2.06. The SMILES string of the molecule is C=CC(=O)Cc1ccc2c(ccc3ccccc32)c1. The Hall–Kier alpha value is -2.41. The van der Waals surface area contributed by atoms with Crippen LogP contribution in [-0.4, -0.2) is 5.78 Å². The molecule has 0 aliphatic rings. The zero-order chi connectivity index (χ0) is 13.2. The van der Waals surface area contributed by atoms with Crippen molar-refractivity contribution in [3.63, 3.8) is 0 Å². The van der Waals surface area contributed by atoms with Gasteiger partial charge in [-0.1, -0.05) is 61.2 Å². The molecule has 3 rings (SSSR count). The van der Waals surface area contributed by atoms with Gasteiger partial charge in [-0.05, 0) is 33.2 Å². The van der Waals surface area contributed by atoms with E-state index in [-0.39, 0.29) is 5.78 Å². The third-order valence-corrected chi connectivity index (χ3v) is 3.42. The van der Waals surface area contributed by atoms with E-state index >= 15 is 0 Å². The second-order valence-electron chi connectivity index (χ2n) is 4.69. The predicted molar refractivity (Wildman–Crippen MR) is 80.4 cm³/mol. The van der Waals surface area contributed by atoms with Crippen LogP contribution >= 0.6 is 0 Å². The topological polar surface area (TPSA) is 17.1 Å². The zero-order valence-corrected chi connectivity index (χ0v) is 10.6. The van der Waals surface area contributed by atoms with Crippen molar-refractivity contribution in [3.8, 4) is 0 Å². The number of carbonyl (C=O) groups is 1. The van der Waals surface area contributed by atoms with Crippen LogP contribution in [0.5, 0.6) is 0 Å². The van der Waals surface area contributed by atoms with Gasteiger partial charge < -0.3 is 0 Å². The number of hydrogen-bond acceptors (Lipinski definition) is 1. The van der Waals surface area contributed by atoms with Crippen LogP contribution in [0.2, 0.25) is 0 Å². The van der Waals surface area contributed by atoms with Gasteiger partial charge in [0.2, 0.25) is 0 Å². The van der Waals surface area contributed by atoms with E-state index in [1.807, 2.05) is 12.1 Å². The van der Waals surface area contributed by atoms with Gasteiger partial charge in [-0.25, -0.2) is 0 Å². The van der Waals surface area contributed by atoms with E-state index in [1.54, 1.807) is 0 Å². The Labute approximate surface area is 112 Å². The van der Waals surface area contributed by atoms with Crippen molar-refractivity contribution < 1.29 is 4.79 Å². The van der Waals surface area contributed by atoms with Gasteiger partial charge in [0.1, 0.15) is 0 Å². The summed E-state index contributed by atoms with van der Waals surface area (Å²) in [7, 11) is 0. The molecule has 0 spiro atoms. The minimum absolute atomic E-state index is 0.0557. The summed E-state index contributed by atoms with van der Waals surface area (Å²) in [5, 5.41) is 4.90. The van der Waals surface area contributed by atoms with Crippen molar-refractivity contribution in [1.29, 1.82) is 0 Å². The number of hydrogen-bond donors (Lipinski definition) is 0. The van der Waals surface area contributed by atoms with E-state index in [2.05, 4.69) is 49.0 Å². The Kier molecular flexibility index (Phi) is 2.88. The average Bonchev–Trinajstić information content (AvgIpc) is 2.46. The monoisotopic (exact) mass is 246 g/mol. The third kappa shape index (κ3) is 2.15. The molecule has 0 saturated carbocycles. The summed E-state index contributed by atoms with van der Waals surface area (Å²) in [6, 6.07) is 18.8. The summed E-state index contributed by atoms with van der Waals surface area (Å²) in [6.45, 7) is 3.51. The zero-order valence-electron chi connectivity index (χ0n) is 10.6. The highest BCUT2D eigenvalue weighted by Crippen LogP contribution is 2.26. The molecule has 0 amide bonds. The number of carbonyl (C=O) groups excluding carboxylic acids is 1. The highest BCUT2D eigenvalue weighted by Gasteiger charge is 2.03. The van der Waals surface area contributed by atoms with Gasteiger partial charge in [-0.2, -0.15) is 0 Å². The minimum atomic E-state index is 0.0557. The molecule has 0 radical (unpaired) electrons. The van der Waals surface area contributed by atoms with E-state index in [4.69, 9.17) is 0 Å². The van der Waals surface area contributed by atoms with Crippen LogP contribution in [0.1, 0.15) is 5.56 Å². The molecule has 0 saturated heterocycles. The van der Waals surface area contributed by atoms with E-state index in [0.717, 1.165) is 5.56 Å². The van der Waals surface area contributed by atoms with Crippen LogP contribution < -0.4 is 0 Å². The second kappa shape index (κ2) is 4.69. The molecule has 0 unspecified atom stereocenters. The van der Waals surface area contributed by atoms with Crippen molar-refractivity contribution in [1.82, 2.24) is 0 Å². The first kappa shape index (κ1) is 11.7. The Balaban J connectivity index is 2.17. The summed E-state index contributed by atoms with van der Waals surface area (Å²) in [5.74, 6) is 0.0557. The van der Waals surface area contributed by atoms with Crippen molar-refractivity contribution in [3.05, 3.63) is 72.8 Å². The fraction of sp³-hybridized carbons (Fsp3) is 0.0556. The van der Waals surface area contributed by atoms with E-state index in [1.165, 1.54) is 27.6 Å². The lowest BCUT2D eigenvalue weighted by molar-refractivity contribution is -0.114. The molecule has 0 N–H and O–H groups in total. The van der Waals surface area contributed by atoms with E-state index < -0.39 is 0 Å². The van der Waals surface area contributed by atoms with Crippen LogP contribution in [0.25, 0.3) is 21.5 Å². The van der Waals surface area contributed by atoms with E-state index in [9.17, 15) is 4.79 Å². The van der Waals surface area contributed by atoms with Crippen molar-refractivity contribution in [2.45, 2.75) is 6.42 Å². The quantitative estimate of drug-likeness (QED) is 0.497. The molecule has 0 atom stereocenters. The predicted octanol–water partition coefficient (Wildman–Crippen LogP) is 4.29. The van der Waals surface area contributed by atoms with Gasteiger partial charge in [0, 0.05) is 6.42 Å². The number of fused-ring (bicyclic) bond motifs is 3. The number of ketones is 1. The van der Waals surface area contributed by atoms with Gasteiger partial charge in [0.15, 0.2) is 5.78 Å². The summed E-state index contributed by atoms with van der Waals surface area (Å²) >= 11 is 0. The Morgan fingerprint density at radius 2 is 1.68 bits per heavy atom. The summed E-state index contributed by atoms with van der Waals surface area (Å²) < 4.78 is 0. The standard InChI is InChI=1S/C18H14O/c1-2-16(19)12-13-7-10-18-15(11-13)9-8-14-5-3-4-6-17(14)18/h2-11H,1,12H2. The normalized spacial score (nSPS) is 10.7. The smallest absolute Gasteiger partial charge is 0.159 e. The Morgan fingerprint density at radius 3 is 2.53 bits per heavy atom. The maximum atomic E-state index is 11.4. The second-order valence-corrected chi connectivity index (χ2v) is 4.69. The van der Waals surface area contributed by atoms with Gasteiger partial charge in [0.05, 0.1) is 0 Å². The molecule has 19 heavy (non-hydrogen) atoms. The first-order chi connectivity index (χ1) is 9.28. The van der Waals surface area contributed by atoms with Gasteiger partial charge in [0.25, 0.3) is 0 Å². The molecule has 0 aromatic heterocycles. The van der Waals surface area contributed by atoms with Crippen molar-refractivity contribution in [2.24, 2.45) is 0 Å². The first-order valence-corrected chi connectivity index (χ1v) is 6.33. The molecule has 1 nitrogen and oxygen atoms in total. The molecule has 1 heteroatoms. The third-order valence-electron chi connectivity index (χ3n) is 3.42. The molecule has 0 bridgehead atoms. The maximum absolute atomic E-state index is 11.4.